The molecule has 2 rings (SSSR count). The Kier molecular flexibility index (Phi) is 4.97. The van der Waals surface area contributed by atoms with Gasteiger partial charge in [0, 0.05) is 15.6 Å². The quantitative estimate of drug-likeness (QED) is 0.808. The largest absolute Gasteiger partial charge is 0.495 e. The van der Waals surface area contributed by atoms with E-state index in [4.69, 9.17) is 33.7 Å². The maximum absolute atomic E-state index is 6.38. The Hall–Kier alpha value is -0.740. The Labute approximate surface area is 137 Å². The van der Waals surface area contributed by atoms with Crippen LogP contribution in [-0.2, 0) is 0 Å². The van der Waals surface area contributed by atoms with Crippen molar-refractivity contribution in [1.29, 1.82) is 0 Å². The van der Waals surface area contributed by atoms with Crippen molar-refractivity contribution in [2.45, 2.75) is 13.0 Å². The first-order valence-corrected chi connectivity index (χ1v) is 7.53. The number of rotatable bonds is 3. The molecule has 5 heteroatoms. The Balaban J connectivity index is 2.58. The summed E-state index contributed by atoms with van der Waals surface area (Å²) in [6, 6.07) is 8.90. The van der Waals surface area contributed by atoms with E-state index in [9.17, 15) is 0 Å². The predicted octanol–water partition coefficient (Wildman–Crippen LogP) is 5.12. The van der Waals surface area contributed by atoms with Crippen LogP contribution < -0.4 is 10.5 Å². The first kappa shape index (κ1) is 15.6. The standard InChI is InChI=1S/C15H14BrCl2NO/c1-8-3-4-9(17)5-11(8)14(19)12-6-10(18)7-13(16)15(12)20-2/h3-7,14H,19H2,1-2H3. The summed E-state index contributed by atoms with van der Waals surface area (Å²) < 4.78 is 6.20. The third kappa shape index (κ3) is 3.12. The highest BCUT2D eigenvalue weighted by Gasteiger charge is 2.19. The number of benzene rings is 2. The molecule has 0 fully saturated rings. The van der Waals surface area contributed by atoms with Gasteiger partial charge in [-0.05, 0) is 58.2 Å². The molecule has 0 bridgehead atoms. The Morgan fingerprint density at radius 1 is 1.10 bits per heavy atom. The summed E-state index contributed by atoms with van der Waals surface area (Å²) in [4.78, 5) is 0. The zero-order chi connectivity index (χ0) is 14.9. The van der Waals surface area contributed by atoms with Crippen molar-refractivity contribution in [2.75, 3.05) is 7.11 Å². The molecule has 0 saturated carbocycles. The molecule has 106 valence electrons. The van der Waals surface area contributed by atoms with Crippen LogP contribution in [0.4, 0.5) is 0 Å². The maximum atomic E-state index is 6.38. The van der Waals surface area contributed by atoms with Gasteiger partial charge < -0.3 is 10.5 Å². The second-order valence-electron chi connectivity index (χ2n) is 4.49. The third-order valence-electron chi connectivity index (χ3n) is 3.15. The second-order valence-corrected chi connectivity index (χ2v) is 6.22. The van der Waals surface area contributed by atoms with E-state index < -0.39 is 0 Å². The van der Waals surface area contributed by atoms with Crippen molar-refractivity contribution in [3.8, 4) is 5.75 Å². The first-order valence-electron chi connectivity index (χ1n) is 5.98. The second kappa shape index (κ2) is 6.35. The molecule has 0 aromatic heterocycles. The summed E-state index contributed by atoms with van der Waals surface area (Å²) in [5.74, 6) is 0.682. The molecule has 20 heavy (non-hydrogen) atoms. The number of hydrogen-bond donors (Lipinski definition) is 1. The van der Waals surface area contributed by atoms with Crippen molar-refractivity contribution >= 4 is 39.1 Å². The number of halogens is 3. The van der Waals surface area contributed by atoms with E-state index in [1.54, 1.807) is 13.2 Å². The van der Waals surface area contributed by atoms with E-state index in [1.807, 2.05) is 31.2 Å². The molecule has 2 N–H and O–H groups in total. The molecular weight excluding hydrogens is 361 g/mol. The fourth-order valence-electron chi connectivity index (χ4n) is 2.14. The van der Waals surface area contributed by atoms with Crippen LogP contribution >= 0.6 is 39.1 Å². The van der Waals surface area contributed by atoms with E-state index in [-0.39, 0.29) is 6.04 Å². The zero-order valence-corrected chi connectivity index (χ0v) is 14.2. The van der Waals surface area contributed by atoms with Crippen molar-refractivity contribution in [3.05, 3.63) is 61.5 Å². The molecule has 0 aliphatic heterocycles. The van der Waals surface area contributed by atoms with Crippen LogP contribution in [0.3, 0.4) is 0 Å². The minimum atomic E-state index is -0.362. The fraction of sp³-hybridized carbons (Fsp3) is 0.200. The maximum Gasteiger partial charge on any atom is 0.138 e. The lowest BCUT2D eigenvalue weighted by Crippen LogP contribution is -2.14. The lowest BCUT2D eigenvalue weighted by atomic mass is 9.95. The summed E-state index contributed by atoms with van der Waals surface area (Å²) in [5.41, 5.74) is 9.22. The molecular formula is C15H14BrCl2NO. The highest BCUT2D eigenvalue weighted by Crippen LogP contribution is 2.38. The van der Waals surface area contributed by atoms with Gasteiger partial charge in [-0.2, -0.15) is 0 Å². The highest BCUT2D eigenvalue weighted by molar-refractivity contribution is 9.10. The van der Waals surface area contributed by atoms with Gasteiger partial charge in [-0.25, -0.2) is 0 Å². The van der Waals surface area contributed by atoms with E-state index in [0.717, 1.165) is 21.2 Å². The van der Waals surface area contributed by atoms with Crippen molar-refractivity contribution in [2.24, 2.45) is 5.73 Å². The van der Waals surface area contributed by atoms with Gasteiger partial charge in [0.05, 0.1) is 17.6 Å². The van der Waals surface area contributed by atoms with Gasteiger partial charge in [-0.3, -0.25) is 0 Å². The molecule has 2 aromatic carbocycles. The lowest BCUT2D eigenvalue weighted by molar-refractivity contribution is 0.405. The van der Waals surface area contributed by atoms with Gasteiger partial charge in [-0.1, -0.05) is 29.3 Å². The topological polar surface area (TPSA) is 35.2 Å². The van der Waals surface area contributed by atoms with Crippen LogP contribution in [0.15, 0.2) is 34.8 Å². The minimum Gasteiger partial charge on any atom is -0.495 e. The van der Waals surface area contributed by atoms with Gasteiger partial charge in [0.15, 0.2) is 0 Å². The molecule has 1 unspecified atom stereocenters. The molecule has 0 aliphatic rings. The van der Waals surface area contributed by atoms with Crippen LogP contribution in [0.1, 0.15) is 22.7 Å². The summed E-state index contributed by atoms with van der Waals surface area (Å²) >= 11 is 15.6. The number of hydrogen-bond acceptors (Lipinski definition) is 2. The number of ether oxygens (including phenoxy) is 1. The summed E-state index contributed by atoms with van der Waals surface area (Å²) in [6.07, 6.45) is 0. The average Bonchev–Trinajstić information content (AvgIpc) is 2.40. The minimum absolute atomic E-state index is 0.362. The molecule has 0 radical (unpaired) electrons. The zero-order valence-electron chi connectivity index (χ0n) is 11.1. The SMILES string of the molecule is COc1c(Br)cc(Cl)cc1C(N)c1cc(Cl)ccc1C. The van der Waals surface area contributed by atoms with Gasteiger partial charge in [0.2, 0.25) is 0 Å². The fourth-order valence-corrected chi connectivity index (χ4v) is 3.32. The molecule has 0 saturated heterocycles. The normalized spacial score (nSPS) is 12.3. The predicted molar refractivity (Wildman–Crippen MR) is 87.9 cm³/mol. The number of methoxy groups -OCH3 is 1. The van der Waals surface area contributed by atoms with Gasteiger partial charge in [0.1, 0.15) is 5.75 Å². The number of aryl methyl sites for hydroxylation is 1. The molecule has 0 aliphatic carbocycles. The van der Waals surface area contributed by atoms with Crippen LogP contribution in [-0.4, -0.2) is 7.11 Å². The van der Waals surface area contributed by atoms with Crippen molar-refractivity contribution in [1.82, 2.24) is 0 Å². The van der Waals surface area contributed by atoms with E-state index >= 15 is 0 Å². The van der Waals surface area contributed by atoms with Crippen molar-refractivity contribution < 1.29 is 4.74 Å². The molecule has 0 amide bonds. The summed E-state index contributed by atoms with van der Waals surface area (Å²) in [6.45, 7) is 2.00. The van der Waals surface area contributed by atoms with Crippen molar-refractivity contribution in [3.63, 3.8) is 0 Å². The Bertz CT molecular complexity index is 646. The monoisotopic (exact) mass is 373 g/mol. The molecule has 2 aromatic rings. The number of nitrogens with two attached hydrogens (primary N) is 1. The van der Waals surface area contributed by atoms with E-state index in [2.05, 4.69) is 15.9 Å². The highest BCUT2D eigenvalue weighted by atomic mass is 79.9. The summed E-state index contributed by atoms with van der Waals surface area (Å²) in [5, 5.41) is 1.25. The molecule has 2 nitrogen and oxygen atoms in total. The molecule has 0 spiro atoms. The van der Waals surface area contributed by atoms with Crippen LogP contribution in [0.2, 0.25) is 10.0 Å². The molecule has 0 heterocycles. The van der Waals surface area contributed by atoms with Gasteiger partial charge in [0.25, 0.3) is 0 Å². The third-order valence-corrected chi connectivity index (χ3v) is 4.19. The smallest absolute Gasteiger partial charge is 0.138 e. The summed E-state index contributed by atoms with van der Waals surface area (Å²) in [7, 11) is 1.61. The Morgan fingerprint density at radius 3 is 2.40 bits per heavy atom. The van der Waals surface area contributed by atoms with E-state index in [0.29, 0.717) is 15.8 Å². The van der Waals surface area contributed by atoms with E-state index in [1.165, 1.54) is 0 Å². The lowest BCUT2D eigenvalue weighted by Gasteiger charge is -2.19. The Morgan fingerprint density at radius 2 is 1.75 bits per heavy atom. The van der Waals surface area contributed by atoms with Crippen LogP contribution in [0.5, 0.6) is 5.75 Å². The first-order chi connectivity index (χ1) is 9.43. The molecule has 1 atom stereocenters. The van der Waals surface area contributed by atoms with Gasteiger partial charge in [-0.15, -0.1) is 0 Å². The van der Waals surface area contributed by atoms with Crippen LogP contribution in [0.25, 0.3) is 0 Å². The van der Waals surface area contributed by atoms with Crippen LogP contribution in [0, 0.1) is 6.92 Å². The van der Waals surface area contributed by atoms with Gasteiger partial charge >= 0.3 is 0 Å². The average molecular weight is 375 g/mol.